The topological polar surface area (TPSA) is 50.8 Å². The second-order valence-corrected chi connectivity index (χ2v) is 8.91. The summed E-state index contributed by atoms with van der Waals surface area (Å²) >= 11 is 0. The zero-order chi connectivity index (χ0) is 19.9. The van der Waals surface area contributed by atoms with Crippen molar-refractivity contribution in [3.8, 4) is 5.75 Å². The lowest BCUT2D eigenvalue weighted by Crippen LogP contribution is -2.55. The third kappa shape index (κ3) is 7.15. The van der Waals surface area contributed by atoms with Crippen LogP contribution in [0.4, 0.5) is 0 Å². The fourth-order valence-corrected chi connectivity index (χ4v) is 3.16. The van der Waals surface area contributed by atoms with Crippen LogP contribution in [0.3, 0.4) is 0 Å². The van der Waals surface area contributed by atoms with E-state index in [2.05, 4.69) is 57.0 Å². The summed E-state index contributed by atoms with van der Waals surface area (Å²) in [4.78, 5) is 14.5. The second kappa shape index (κ2) is 9.56. The minimum Gasteiger partial charge on any atom is -0.494 e. The van der Waals surface area contributed by atoms with Crippen LogP contribution in [0.1, 0.15) is 53.0 Å². The molecule has 1 aliphatic rings. The molecule has 0 aliphatic carbocycles. The Morgan fingerprint density at radius 3 is 2.33 bits per heavy atom. The van der Waals surface area contributed by atoms with Crippen LogP contribution in [0.25, 0.3) is 0 Å². The van der Waals surface area contributed by atoms with Gasteiger partial charge in [0.1, 0.15) is 5.75 Å². The van der Waals surface area contributed by atoms with E-state index in [0.29, 0.717) is 26.0 Å². The summed E-state index contributed by atoms with van der Waals surface area (Å²) in [6.45, 7) is 15.5. The summed E-state index contributed by atoms with van der Waals surface area (Å²) in [6, 6.07) is 8.22. The highest BCUT2D eigenvalue weighted by Gasteiger charge is 2.28. The van der Waals surface area contributed by atoms with Crippen LogP contribution in [-0.4, -0.2) is 55.8 Å². The van der Waals surface area contributed by atoms with Gasteiger partial charge < -0.3 is 14.8 Å². The number of nitrogens with one attached hydrogen (secondary N) is 1. The van der Waals surface area contributed by atoms with Crippen molar-refractivity contribution in [2.75, 3.05) is 39.5 Å². The minimum absolute atomic E-state index is 0.0509. The quantitative estimate of drug-likeness (QED) is 0.707. The zero-order valence-electron chi connectivity index (χ0n) is 17.6. The molecule has 152 valence electrons. The number of carbonyl (C=O) groups is 1. The lowest BCUT2D eigenvalue weighted by molar-refractivity contribution is -0.122. The summed E-state index contributed by atoms with van der Waals surface area (Å²) in [5.74, 6) is 0.944. The van der Waals surface area contributed by atoms with E-state index in [1.54, 1.807) is 0 Å². The normalized spacial score (nSPS) is 16.2. The Morgan fingerprint density at radius 1 is 1.11 bits per heavy atom. The molecule has 2 rings (SSSR count). The number of ether oxygens (including phenoxy) is 2. The molecule has 0 saturated carbocycles. The van der Waals surface area contributed by atoms with E-state index in [1.807, 2.05) is 12.1 Å². The van der Waals surface area contributed by atoms with Crippen LogP contribution >= 0.6 is 0 Å². The van der Waals surface area contributed by atoms with Crippen LogP contribution in [0.2, 0.25) is 0 Å². The van der Waals surface area contributed by atoms with Gasteiger partial charge in [-0.1, -0.05) is 32.9 Å². The average Bonchev–Trinajstić information content (AvgIpc) is 2.64. The zero-order valence-corrected chi connectivity index (χ0v) is 17.6. The maximum Gasteiger partial charge on any atom is 0.220 e. The van der Waals surface area contributed by atoms with Gasteiger partial charge in [0.05, 0.1) is 19.8 Å². The monoisotopic (exact) mass is 376 g/mol. The Balaban J connectivity index is 1.64. The first-order valence-corrected chi connectivity index (χ1v) is 10.0. The van der Waals surface area contributed by atoms with Gasteiger partial charge in [0.2, 0.25) is 5.91 Å². The van der Waals surface area contributed by atoms with Crippen molar-refractivity contribution in [2.45, 2.75) is 58.4 Å². The van der Waals surface area contributed by atoms with Gasteiger partial charge in [-0.05, 0) is 43.4 Å². The lowest BCUT2D eigenvalue weighted by Gasteiger charge is -2.40. The molecule has 1 fully saturated rings. The number of morpholine rings is 1. The number of nitrogens with zero attached hydrogens (tertiary/aromatic N) is 1. The molecule has 0 unspecified atom stereocenters. The molecule has 0 atom stereocenters. The molecule has 0 aromatic heterocycles. The number of benzene rings is 1. The molecule has 1 aromatic rings. The summed E-state index contributed by atoms with van der Waals surface area (Å²) in [7, 11) is 0. The summed E-state index contributed by atoms with van der Waals surface area (Å²) in [5, 5.41) is 3.07. The first-order valence-electron chi connectivity index (χ1n) is 10.0. The van der Waals surface area contributed by atoms with Gasteiger partial charge in [0.15, 0.2) is 0 Å². The van der Waals surface area contributed by atoms with Crippen LogP contribution in [-0.2, 0) is 14.9 Å². The fraction of sp³-hybridized carbons (Fsp3) is 0.682. The molecule has 1 aromatic carbocycles. The van der Waals surface area contributed by atoms with E-state index >= 15 is 0 Å². The van der Waals surface area contributed by atoms with E-state index < -0.39 is 0 Å². The molecule has 5 nitrogen and oxygen atoms in total. The molecular weight excluding hydrogens is 340 g/mol. The highest BCUT2D eigenvalue weighted by Crippen LogP contribution is 2.24. The molecule has 0 radical (unpaired) electrons. The van der Waals surface area contributed by atoms with Crippen LogP contribution in [0, 0.1) is 0 Å². The predicted octanol–water partition coefficient (Wildman–Crippen LogP) is 3.37. The van der Waals surface area contributed by atoms with Crippen molar-refractivity contribution in [3.63, 3.8) is 0 Å². The highest BCUT2D eigenvalue weighted by atomic mass is 16.5. The van der Waals surface area contributed by atoms with Gasteiger partial charge in [-0.15, -0.1) is 0 Å². The Kier molecular flexibility index (Phi) is 7.68. The first kappa shape index (κ1) is 21.7. The maximum atomic E-state index is 12.1. The van der Waals surface area contributed by atoms with Crippen molar-refractivity contribution in [3.05, 3.63) is 29.8 Å². The van der Waals surface area contributed by atoms with E-state index in [0.717, 1.165) is 32.1 Å². The molecule has 1 amide bonds. The van der Waals surface area contributed by atoms with Gasteiger partial charge in [-0.25, -0.2) is 0 Å². The number of rotatable bonds is 8. The largest absolute Gasteiger partial charge is 0.494 e. The van der Waals surface area contributed by atoms with E-state index in [1.165, 1.54) is 5.56 Å². The number of carbonyl (C=O) groups excluding carboxylic acids is 1. The molecule has 1 saturated heterocycles. The molecule has 5 heteroatoms. The molecular formula is C22H36N2O3. The van der Waals surface area contributed by atoms with E-state index in [-0.39, 0.29) is 16.9 Å². The summed E-state index contributed by atoms with van der Waals surface area (Å²) in [5.41, 5.74) is 1.38. The van der Waals surface area contributed by atoms with Crippen molar-refractivity contribution >= 4 is 5.91 Å². The Bertz CT molecular complexity index is 585. The maximum absolute atomic E-state index is 12.1. The standard InChI is InChI=1S/C22H36N2O3/c1-21(2,3)18-8-10-19(11-9-18)27-14-6-7-20(25)23-17-22(4,5)24-12-15-26-16-13-24/h8-11H,6-7,12-17H2,1-5H3,(H,23,25). The Labute approximate surface area is 164 Å². The summed E-state index contributed by atoms with van der Waals surface area (Å²) in [6.07, 6.45) is 1.20. The number of hydrogen-bond donors (Lipinski definition) is 1. The number of amides is 1. The second-order valence-electron chi connectivity index (χ2n) is 8.91. The van der Waals surface area contributed by atoms with Gasteiger partial charge in [-0.3, -0.25) is 9.69 Å². The SMILES string of the molecule is CC(C)(C)c1ccc(OCCCC(=O)NCC(C)(C)N2CCOCC2)cc1. The molecule has 0 bridgehead atoms. The third-order valence-corrected chi connectivity index (χ3v) is 5.12. The minimum atomic E-state index is -0.0509. The average molecular weight is 377 g/mol. The van der Waals surface area contributed by atoms with Gasteiger partial charge in [-0.2, -0.15) is 0 Å². The first-order chi connectivity index (χ1) is 12.7. The van der Waals surface area contributed by atoms with Gasteiger partial charge in [0, 0.05) is 31.6 Å². The van der Waals surface area contributed by atoms with Crippen LogP contribution in [0.15, 0.2) is 24.3 Å². The fourth-order valence-electron chi connectivity index (χ4n) is 3.16. The molecule has 1 heterocycles. The molecule has 0 spiro atoms. The van der Waals surface area contributed by atoms with Crippen molar-refractivity contribution < 1.29 is 14.3 Å². The predicted molar refractivity (Wildman–Crippen MR) is 109 cm³/mol. The molecule has 1 aliphatic heterocycles. The van der Waals surface area contributed by atoms with Crippen molar-refractivity contribution in [2.24, 2.45) is 0 Å². The van der Waals surface area contributed by atoms with Crippen molar-refractivity contribution in [1.29, 1.82) is 0 Å². The Hall–Kier alpha value is -1.59. The third-order valence-electron chi connectivity index (χ3n) is 5.12. The van der Waals surface area contributed by atoms with Gasteiger partial charge >= 0.3 is 0 Å². The number of hydrogen-bond acceptors (Lipinski definition) is 4. The molecule has 27 heavy (non-hydrogen) atoms. The Morgan fingerprint density at radius 2 is 1.74 bits per heavy atom. The van der Waals surface area contributed by atoms with E-state index in [4.69, 9.17) is 9.47 Å². The summed E-state index contributed by atoms with van der Waals surface area (Å²) < 4.78 is 11.2. The lowest BCUT2D eigenvalue weighted by atomic mass is 9.87. The molecule has 1 N–H and O–H groups in total. The smallest absolute Gasteiger partial charge is 0.220 e. The van der Waals surface area contributed by atoms with Crippen LogP contribution in [0.5, 0.6) is 5.75 Å². The van der Waals surface area contributed by atoms with Crippen molar-refractivity contribution in [1.82, 2.24) is 10.2 Å². The highest BCUT2D eigenvalue weighted by molar-refractivity contribution is 5.75. The van der Waals surface area contributed by atoms with E-state index in [9.17, 15) is 4.79 Å². The van der Waals surface area contributed by atoms with Crippen LogP contribution < -0.4 is 10.1 Å². The van der Waals surface area contributed by atoms with Gasteiger partial charge in [0.25, 0.3) is 0 Å².